The molecule has 0 atom stereocenters. The van der Waals surface area contributed by atoms with E-state index < -0.39 is 0 Å². The monoisotopic (exact) mass is 228 g/mol. The van der Waals surface area contributed by atoms with Crippen LogP contribution in [0.15, 0.2) is 47.1 Å². The number of nitrogens with one attached hydrogen (secondary N) is 1. The number of rotatable bonds is 3. The number of allylic oxidation sites excluding steroid dienone is 1. The Bertz CT molecular complexity index is 472. The Labute approximate surface area is 101 Å². The Morgan fingerprint density at radius 3 is 2.65 bits per heavy atom. The molecule has 1 aliphatic heterocycles. The first-order chi connectivity index (χ1) is 8.18. The zero-order valence-electron chi connectivity index (χ0n) is 10.1. The molecule has 0 aromatic heterocycles. The van der Waals surface area contributed by atoms with Gasteiger partial charge >= 0.3 is 0 Å². The number of nitrogens with zero attached hydrogens (tertiary/aromatic N) is 1. The molecule has 17 heavy (non-hydrogen) atoms. The van der Waals surface area contributed by atoms with Crippen LogP contribution in [0.25, 0.3) is 0 Å². The van der Waals surface area contributed by atoms with Crippen molar-refractivity contribution in [3.63, 3.8) is 0 Å². The molecule has 2 rings (SSSR count). The van der Waals surface area contributed by atoms with E-state index in [1.807, 2.05) is 36.4 Å². The van der Waals surface area contributed by atoms with E-state index >= 15 is 0 Å². The first kappa shape index (κ1) is 11.6. The topological polar surface area (TPSA) is 41.5 Å². The average Bonchev–Trinajstić information content (AvgIpc) is 2.69. The number of hydrogen-bond donors (Lipinski definition) is 1. The van der Waals surface area contributed by atoms with Gasteiger partial charge in [-0.2, -0.15) is 5.10 Å². The number of benzene rings is 1. The van der Waals surface area contributed by atoms with Crippen LogP contribution in [-0.4, -0.2) is 11.6 Å². The first-order valence-electron chi connectivity index (χ1n) is 5.82. The Balaban J connectivity index is 2.28. The molecule has 1 N–H and O–H groups in total. The first-order valence-corrected chi connectivity index (χ1v) is 5.82. The molecule has 1 heterocycles. The van der Waals surface area contributed by atoms with Crippen molar-refractivity contribution in [3.8, 4) is 0 Å². The summed E-state index contributed by atoms with van der Waals surface area (Å²) in [6.45, 7) is 4.26. The van der Waals surface area contributed by atoms with E-state index in [4.69, 9.17) is 0 Å². The fraction of sp³-hybridized carbons (Fsp3) is 0.286. The fourth-order valence-corrected chi connectivity index (χ4v) is 1.69. The maximum Gasteiger partial charge on any atom is 0.273 e. The van der Waals surface area contributed by atoms with Crippen LogP contribution < -0.4 is 5.43 Å². The zero-order chi connectivity index (χ0) is 12.3. The molecule has 1 amide bonds. The number of amides is 1. The summed E-state index contributed by atoms with van der Waals surface area (Å²) in [7, 11) is 0. The van der Waals surface area contributed by atoms with Gasteiger partial charge in [-0.3, -0.25) is 4.79 Å². The van der Waals surface area contributed by atoms with Crippen molar-refractivity contribution in [1.82, 2.24) is 5.43 Å². The van der Waals surface area contributed by atoms with E-state index in [-0.39, 0.29) is 5.91 Å². The smallest absolute Gasteiger partial charge is 0.267 e. The minimum Gasteiger partial charge on any atom is -0.267 e. The highest BCUT2D eigenvalue weighted by atomic mass is 16.2. The second-order valence-corrected chi connectivity index (χ2v) is 4.51. The second kappa shape index (κ2) is 4.95. The van der Waals surface area contributed by atoms with Crippen LogP contribution in [0.2, 0.25) is 0 Å². The van der Waals surface area contributed by atoms with E-state index in [2.05, 4.69) is 24.4 Å². The van der Waals surface area contributed by atoms with E-state index in [9.17, 15) is 4.79 Å². The lowest BCUT2D eigenvalue weighted by atomic mass is 10.00. The van der Waals surface area contributed by atoms with Crippen LogP contribution in [0.4, 0.5) is 0 Å². The Hall–Kier alpha value is -1.90. The van der Waals surface area contributed by atoms with E-state index in [1.54, 1.807) is 0 Å². The van der Waals surface area contributed by atoms with Crippen LogP contribution >= 0.6 is 0 Å². The lowest BCUT2D eigenvalue weighted by Crippen LogP contribution is -2.13. The van der Waals surface area contributed by atoms with Gasteiger partial charge in [-0.1, -0.05) is 50.3 Å². The van der Waals surface area contributed by atoms with Crippen molar-refractivity contribution in [2.75, 3.05) is 0 Å². The lowest BCUT2D eigenvalue weighted by Gasteiger charge is -2.03. The average molecular weight is 228 g/mol. The molecule has 3 heteroatoms. The Morgan fingerprint density at radius 2 is 2.00 bits per heavy atom. The van der Waals surface area contributed by atoms with Gasteiger partial charge in [0.2, 0.25) is 0 Å². The SMILES string of the molecule is CC(C)CC=C1C(=O)NN=C1c1ccccc1. The van der Waals surface area contributed by atoms with Crippen LogP contribution in [0, 0.1) is 5.92 Å². The van der Waals surface area contributed by atoms with Gasteiger partial charge in [-0.25, -0.2) is 5.43 Å². The van der Waals surface area contributed by atoms with E-state index in [0.717, 1.165) is 17.7 Å². The normalized spacial score (nSPS) is 17.5. The summed E-state index contributed by atoms with van der Waals surface area (Å²) in [5, 5.41) is 4.10. The van der Waals surface area contributed by atoms with Crippen LogP contribution in [0.3, 0.4) is 0 Å². The van der Waals surface area contributed by atoms with Gasteiger partial charge < -0.3 is 0 Å². The summed E-state index contributed by atoms with van der Waals surface area (Å²) < 4.78 is 0. The Kier molecular flexibility index (Phi) is 3.38. The molecular weight excluding hydrogens is 212 g/mol. The summed E-state index contributed by atoms with van der Waals surface area (Å²) in [6.07, 6.45) is 2.85. The molecule has 0 saturated heterocycles. The molecule has 0 radical (unpaired) electrons. The van der Waals surface area contributed by atoms with Gasteiger partial charge in [0.25, 0.3) is 5.91 Å². The number of hydrogen-bond acceptors (Lipinski definition) is 2. The maximum absolute atomic E-state index is 11.7. The zero-order valence-corrected chi connectivity index (χ0v) is 10.1. The predicted octanol–water partition coefficient (Wildman–Crippen LogP) is 2.49. The predicted molar refractivity (Wildman–Crippen MR) is 68.7 cm³/mol. The number of hydrazone groups is 1. The van der Waals surface area contributed by atoms with Crippen LogP contribution in [0.5, 0.6) is 0 Å². The third-order valence-electron chi connectivity index (χ3n) is 2.61. The largest absolute Gasteiger partial charge is 0.273 e. The summed E-state index contributed by atoms with van der Waals surface area (Å²) in [5.41, 5.74) is 4.93. The molecule has 0 aliphatic carbocycles. The van der Waals surface area contributed by atoms with Gasteiger partial charge in [0.1, 0.15) is 5.71 Å². The third-order valence-corrected chi connectivity index (χ3v) is 2.61. The standard InChI is InChI=1S/C14H16N2O/c1-10(2)8-9-12-13(15-16-14(12)17)11-6-4-3-5-7-11/h3-7,9-10H,8H2,1-2H3,(H,16,17). The van der Waals surface area contributed by atoms with Crippen molar-refractivity contribution in [2.45, 2.75) is 20.3 Å². The molecule has 88 valence electrons. The van der Waals surface area contributed by atoms with Crippen molar-refractivity contribution in [1.29, 1.82) is 0 Å². The fourth-order valence-electron chi connectivity index (χ4n) is 1.69. The molecule has 0 bridgehead atoms. The summed E-state index contributed by atoms with van der Waals surface area (Å²) in [6, 6.07) is 9.76. The van der Waals surface area contributed by atoms with Crippen molar-refractivity contribution in [2.24, 2.45) is 11.0 Å². The number of carbonyl (C=O) groups excluding carboxylic acids is 1. The molecule has 3 nitrogen and oxygen atoms in total. The van der Waals surface area contributed by atoms with Gasteiger partial charge in [0, 0.05) is 5.56 Å². The van der Waals surface area contributed by atoms with Crippen molar-refractivity contribution < 1.29 is 4.79 Å². The van der Waals surface area contributed by atoms with Crippen LogP contribution in [-0.2, 0) is 4.79 Å². The highest BCUT2D eigenvalue weighted by molar-refractivity contribution is 6.30. The molecule has 0 spiro atoms. The molecule has 1 aromatic carbocycles. The highest BCUT2D eigenvalue weighted by Gasteiger charge is 2.23. The van der Waals surface area contributed by atoms with Crippen molar-refractivity contribution >= 4 is 11.6 Å². The van der Waals surface area contributed by atoms with Gasteiger partial charge in [-0.05, 0) is 12.3 Å². The molecule has 0 fully saturated rings. The van der Waals surface area contributed by atoms with Gasteiger partial charge in [-0.15, -0.1) is 0 Å². The maximum atomic E-state index is 11.7. The quantitative estimate of drug-likeness (QED) is 0.793. The lowest BCUT2D eigenvalue weighted by molar-refractivity contribution is -0.116. The number of carbonyl (C=O) groups is 1. The highest BCUT2D eigenvalue weighted by Crippen LogP contribution is 2.16. The molecular formula is C14H16N2O. The Morgan fingerprint density at radius 1 is 1.29 bits per heavy atom. The molecule has 1 aromatic rings. The van der Waals surface area contributed by atoms with E-state index in [0.29, 0.717) is 11.5 Å². The molecule has 0 saturated carbocycles. The minimum absolute atomic E-state index is 0.107. The molecule has 0 unspecified atom stereocenters. The molecule has 1 aliphatic rings. The summed E-state index contributed by atoms with van der Waals surface area (Å²) in [4.78, 5) is 11.7. The third kappa shape index (κ3) is 2.61. The second-order valence-electron chi connectivity index (χ2n) is 4.51. The van der Waals surface area contributed by atoms with Crippen LogP contribution in [0.1, 0.15) is 25.8 Å². The summed E-state index contributed by atoms with van der Waals surface area (Å²) in [5.74, 6) is 0.428. The van der Waals surface area contributed by atoms with Crippen molar-refractivity contribution in [3.05, 3.63) is 47.5 Å². The van der Waals surface area contributed by atoms with Gasteiger partial charge in [0.15, 0.2) is 0 Å². The minimum atomic E-state index is -0.107. The van der Waals surface area contributed by atoms with Gasteiger partial charge in [0.05, 0.1) is 5.57 Å². The van der Waals surface area contributed by atoms with E-state index in [1.165, 1.54) is 0 Å². The summed E-state index contributed by atoms with van der Waals surface area (Å²) >= 11 is 0.